The molecule has 170 valence electrons. The topological polar surface area (TPSA) is 79.3 Å². The van der Waals surface area contributed by atoms with Crippen LogP contribution < -0.4 is 4.90 Å². The lowest BCUT2D eigenvalue weighted by atomic mass is 10.0. The standard InChI is InChI=1S/C25H29N5.CO2/c1-17-13-19-15-21-23(24(19)26-16-17)25(30-11-9-20(10-12-30)29(2)3)28-22(27-21)14-18-7-5-4-6-8-18;2-1-3/h4-8,13,16,20H,9-12,14-15H2,1-3H3;. The molecule has 0 saturated carbocycles. The average Bonchev–Trinajstić information content (AvgIpc) is 3.17. The second-order valence-electron chi connectivity index (χ2n) is 8.91. The van der Waals surface area contributed by atoms with Crippen LogP contribution in [0.4, 0.5) is 5.82 Å². The first kappa shape index (κ1) is 22.8. The van der Waals surface area contributed by atoms with Crippen molar-refractivity contribution in [2.45, 2.75) is 38.6 Å². The molecule has 5 rings (SSSR count). The first-order valence-corrected chi connectivity index (χ1v) is 11.3. The van der Waals surface area contributed by atoms with E-state index in [9.17, 15) is 0 Å². The second kappa shape index (κ2) is 10.0. The average molecular weight is 444 g/mol. The van der Waals surface area contributed by atoms with E-state index in [2.05, 4.69) is 67.2 Å². The number of nitrogens with zero attached hydrogens (tertiary/aromatic N) is 5. The lowest BCUT2D eigenvalue weighted by Crippen LogP contribution is -2.42. The molecule has 7 heteroatoms. The Bertz CT molecular complexity index is 1150. The molecule has 0 amide bonds. The van der Waals surface area contributed by atoms with Gasteiger partial charge in [0.25, 0.3) is 0 Å². The van der Waals surface area contributed by atoms with Crippen LogP contribution in [-0.2, 0) is 22.4 Å². The molecule has 0 N–H and O–H groups in total. The van der Waals surface area contributed by atoms with Crippen LogP contribution in [0.5, 0.6) is 0 Å². The van der Waals surface area contributed by atoms with Crippen molar-refractivity contribution >= 4 is 12.0 Å². The minimum absolute atomic E-state index is 0.250. The lowest BCUT2D eigenvalue weighted by Gasteiger charge is -2.36. The molecule has 3 heterocycles. The molecule has 1 fully saturated rings. The number of pyridine rings is 1. The van der Waals surface area contributed by atoms with Gasteiger partial charge in [0, 0.05) is 38.2 Å². The molecule has 1 aromatic carbocycles. The van der Waals surface area contributed by atoms with E-state index in [1.165, 1.54) is 16.7 Å². The molecule has 1 saturated heterocycles. The number of fused-ring (bicyclic) bond motifs is 3. The highest BCUT2D eigenvalue weighted by molar-refractivity contribution is 5.82. The van der Waals surface area contributed by atoms with Crippen LogP contribution in [0.15, 0.2) is 42.6 Å². The molecular weight excluding hydrogens is 414 g/mol. The van der Waals surface area contributed by atoms with E-state index in [1.54, 1.807) is 0 Å². The van der Waals surface area contributed by atoms with Gasteiger partial charge >= 0.3 is 6.15 Å². The van der Waals surface area contributed by atoms with Gasteiger partial charge in [-0.2, -0.15) is 9.59 Å². The minimum atomic E-state index is 0.250. The van der Waals surface area contributed by atoms with Crippen molar-refractivity contribution in [3.8, 4) is 11.3 Å². The summed E-state index contributed by atoms with van der Waals surface area (Å²) in [4.78, 5) is 36.0. The number of hydrogen-bond donors (Lipinski definition) is 0. The van der Waals surface area contributed by atoms with Gasteiger partial charge < -0.3 is 9.80 Å². The maximum absolute atomic E-state index is 8.12. The fourth-order valence-corrected chi connectivity index (χ4v) is 4.76. The van der Waals surface area contributed by atoms with Crippen molar-refractivity contribution < 1.29 is 9.59 Å². The Morgan fingerprint density at radius 3 is 2.45 bits per heavy atom. The molecule has 33 heavy (non-hydrogen) atoms. The fourth-order valence-electron chi connectivity index (χ4n) is 4.76. The zero-order valence-corrected chi connectivity index (χ0v) is 19.4. The van der Waals surface area contributed by atoms with Crippen LogP contribution >= 0.6 is 0 Å². The monoisotopic (exact) mass is 443 g/mol. The van der Waals surface area contributed by atoms with Crippen LogP contribution in [0, 0.1) is 6.92 Å². The highest BCUT2D eigenvalue weighted by Crippen LogP contribution is 2.41. The van der Waals surface area contributed by atoms with Crippen LogP contribution in [-0.4, -0.2) is 59.2 Å². The Balaban J connectivity index is 0.000000821. The Morgan fingerprint density at radius 1 is 1.09 bits per heavy atom. The van der Waals surface area contributed by atoms with E-state index >= 15 is 0 Å². The molecular formula is C26H29N5O2. The van der Waals surface area contributed by atoms with Gasteiger partial charge in [0.05, 0.1) is 17.0 Å². The van der Waals surface area contributed by atoms with Crippen molar-refractivity contribution in [1.29, 1.82) is 0 Å². The van der Waals surface area contributed by atoms with Gasteiger partial charge in [-0.05, 0) is 50.6 Å². The molecule has 0 atom stereocenters. The maximum atomic E-state index is 8.12. The number of aryl methyl sites for hydroxylation is 1. The summed E-state index contributed by atoms with van der Waals surface area (Å²) in [6.45, 7) is 4.16. The van der Waals surface area contributed by atoms with E-state index in [1.807, 2.05) is 6.20 Å². The summed E-state index contributed by atoms with van der Waals surface area (Å²) >= 11 is 0. The summed E-state index contributed by atoms with van der Waals surface area (Å²) in [5.74, 6) is 1.99. The minimum Gasteiger partial charge on any atom is -0.356 e. The fraction of sp³-hybridized carbons (Fsp3) is 0.385. The smallest absolute Gasteiger partial charge is 0.356 e. The Hall–Kier alpha value is -3.41. The van der Waals surface area contributed by atoms with Crippen LogP contribution in [0.3, 0.4) is 0 Å². The Labute approximate surface area is 194 Å². The van der Waals surface area contributed by atoms with E-state index in [0.29, 0.717) is 6.04 Å². The summed E-state index contributed by atoms with van der Waals surface area (Å²) in [7, 11) is 4.37. The number of benzene rings is 1. The van der Waals surface area contributed by atoms with Crippen LogP contribution in [0.2, 0.25) is 0 Å². The van der Waals surface area contributed by atoms with Crippen molar-refractivity contribution in [2.24, 2.45) is 0 Å². The largest absolute Gasteiger partial charge is 0.373 e. The number of hydrogen-bond acceptors (Lipinski definition) is 7. The number of anilines is 1. The predicted molar refractivity (Wildman–Crippen MR) is 126 cm³/mol. The third-order valence-electron chi connectivity index (χ3n) is 6.41. The maximum Gasteiger partial charge on any atom is 0.373 e. The first-order chi connectivity index (χ1) is 16.0. The highest BCUT2D eigenvalue weighted by Gasteiger charge is 2.31. The van der Waals surface area contributed by atoms with Gasteiger partial charge in [-0.3, -0.25) is 4.98 Å². The van der Waals surface area contributed by atoms with Crippen LogP contribution in [0.1, 0.15) is 41.1 Å². The molecule has 0 unspecified atom stereocenters. The predicted octanol–water partition coefficient (Wildman–Crippen LogP) is 3.29. The molecule has 1 aliphatic heterocycles. The van der Waals surface area contributed by atoms with Gasteiger partial charge in [-0.1, -0.05) is 36.4 Å². The normalized spacial score (nSPS) is 14.8. The first-order valence-electron chi connectivity index (χ1n) is 11.3. The van der Waals surface area contributed by atoms with E-state index in [4.69, 9.17) is 24.5 Å². The molecule has 2 aromatic heterocycles. The number of rotatable bonds is 4. The zero-order chi connectivity index (χ0) is 23.4. The SMILES string of the molecule is Cc1cnc2c(c1)Cc1nc(Cc3ccccc3)nc(N3CCC(N(C)C)CC3)c1-2.O=C=O. The number of aromatic nitrogens is 3. The second-order valence-corrected chi connectivity index (χ2v) is 8.91. The summed E-state index contributed by atoms with van der Waals surface area (Å²) in [6, 6.07) is 13.4. The molecule has 1 aliphatic carbocycles. The summed E-state index contributed by atoms with van der Waals surface area (Å²) in [5, 5.41) is 0. The lowest BCUT2D eigenvalue weighted by molar-refractivity contribution is -0.191. The quantitative estimate of drug-likeness (QED) is 0.479. The number of carbonyl (C=O) groups excluding carboxylic acids is 2. The van der Waals surface area contributed by atoms with Crippen molar-refractivity contribution in [1.82, 2.24) is 19.9 Å². The highest BCUT2D eigenvalue weighted by atomic mass is 16.2. The third-order valence-corrected chi connectivity index (χ3v) is 6.41. The molecule has 2 aliphatic rings. The molecule has 0 spiro atoms. The summed E-state index contributed by atoms with van der Waals surface area (Å²) in [6.07, 6.45) is 6.15. The van der Waals surface area contributed by atoms with E-state index in [-0.39, 0.29) is 6.15 Å². The zero-order valence-electron chi connectivity index (χ0n) is 19.4. The molecule has 3 aromatic rings. The van der Waals surface area contributed by atoms with Gasteiger partial charge in [0.2, 0.25) is 0 Å². The molecule has 0 bridgehead atoms. The van der Waals surface area contributed by atoms with Crippen molar-refractivity contribution in [2.75, 3.05) is 32.1 Å². The van der Waals surface area contributed by atoms with Crippen LogP contribution in [0.25, 0.3) is 11.3 Å². The van der Waals surface area contributed by atoms with E-state index in [0.717, 1.165) is 67.4 Å². The van der Waals surface area contributed by atoms with Crippen molar-refractivity contribution in [3.63, 3.8) is 0 Å². The molecule has 7 nitrogen and oxygen atoms in total. The van der Waals surface area contributed by atoms with Crippen molar-refractivity contribution in [3.05, 3.63) is 70.8 Å². The van der Waals surface area contributed by atoms with Gasteiger partial charge in [-0.25, -0.2) is 9.97 Å². The Morgan fingerprint density at radius 2 is 1.79 bits per heavy atom. The Kier molecular flexibility index (Phi) is 6.92. The molecule has 0 radical (unpaired) electrons. The van der Waals surface area contributed by atoms with Gasteiger partial charge in [-0.15, -0.1) is 0 Å². The van der Waals surface area contributed by atoms with Gasteiger partial charge in [0.1, 0.15) is 11.6 Å². The number of piperidine rings is 1. The van der Waals surface area contributed by atoms with E-state index < -0.39 is 0 Å². The summed E-state index contributed by atoms with van der Waals surface area (Å²) < 4.78 is 0. The third kappa shape index (κ3) is 5.00. The van der Waals surface area contributed by atoms with Gasteiger partial charge in [0.15, 0.2) is 0 Å². The summed E-state index contributed by atoms with van der Waals surface area (Å²) in [5.41, 5.74) is 7.10.